The number of carbonyl (C=O) groups excluding carboxylic acids is 1. The van der Waals surface area contributed by atoms with E-state index in [4.69, 9.17) is 5.73 Å². The Labute approximate surface area is 109 Å². The van der Waals surface area contributed by atoms with Crippen LogP contribution in [0.2, 0.25) is 0 Å². The summed E-state index contributed by atoms with van der Waals surface area (Å²) in [4.78, 5) is 12.2. The number of nitrogens with one attached hydrogen (secondary N) is 1. The normalized spacial score (nSPS) is 23.0. The number of amides is 1. The summed E-state index contributed by atoms with van der Waals surface area (Å²) in [6, 6.07) is 5.57. The molecule has 0 bridgehead atoms. The summed E-state index contributed by atoms with van der Waals surface area (Å²) in [6.45, 7) is 4.96. The standard InChI is InChI=1S/C15H22N2O/c1-10-5-3-7-12(10)9-17-15(18)14-11(2)6-4-8-13(14)16/h4,6,8,10,12H,3,5,7,9,16H2,1-2H3,(H,17,18). The van der Waals surface area contributed by atoms with Crippen LogP contribution in [0.1, 0.15) is 42.1 Å². The smallest absolute Gasteiger partial charge is 0.253 e. The lowest BCUT2D eigenvalue weighted by Crippen LogP contribution is -2.31. The first-order chi connectivity index (χ1) is 8.59. The summed E-state index contributed by atoms with van der Waals surface area (Å²) in [5.41, 5.74) is 8.00. The van der Waals surface area contributed by atoms with Gasteiger partial charge in [0.1, 0.15) is 0 Å². The number of rotatable bonds is 3. The third-order valence-corrected chi connectivity index (χ3v) is 4.10. The minimum atomic E-state index is -0.0373. The molecule has 98 valence electrons. The van der Waals surface area contributed by atoms with Crippen molar-refractivity contribution in [3.63, 3.8) is 0 Å². The van der Waals surface area contributed by atoms with Gasteiger partial charge >= 0.3 is 0 Å². The first-order valence-corrected chi connectivity index (χ1v) is 6.73. The summed E-state index contributed by atoms with van der Waals surface area (Å²) in [5, 5.41) is 3.03. The molecule has 1 amide bonds. The second kappa shape index (κ2) is 5.42. The summed E-state index contributed by atoms with van der Waals surface area (Å²) in [5.74, 6) is 1.31. The SMILES string of the molecule is Cc1cccc(N)c1C(=O)NCC1CCCC1C. The Morgan fingerprint density at radius 1 is 1.44 bits per heavy atom. The quantitative estimate of drug-likeness (QED) is 0.806. The molecule has 18 heavy (non-hydrogen) atoms. The molecule has 1 aliphatic rings. The van der Waals surface area contributed by atoms with E-state index in [-0.39, 0.29) is 5.91 Å². The van der Waals surface area contributed by atoms with E-state index in [2.05, 4.69) is 12.2 Å². The van der Waals surface area contributed by atoms with Crippen LogP contribution >= 0.6 is 0 Å². The van der Waals surface area contributed by atoms with Crippen LogP contribution in [0.5, 0.6) is 0 Å². The van der Waals surface area contributed by atoms with Gasteiger partial charge < -0.3 is 11.1 Å². The number of aryl methyl sites for hydroxylation is 1. The van der Waals surface area contributed by atoms with Gasteiger partial charge in [-0.15, -0.1) is 0 Å². The second-order valence-electron chi connectivity index (χ2n) is 5.42. The molecular formula is C15H22N2O. The van der Waals surface area contributed by atoms with Crippen LogP contribution in [0.15, 0.2) is 18.2 Å². The first kappa shape index (κ1) is 12.9. The fourth-order valence-corrected chi connectivity index (χ4v) is 2.84. The summed E-state index contributed by atoms with van der Waals surface area (Å²) >= 11 is 0. The molecule has 3 N–H and O–H groups in total. The van der Waals surface area contributed by atoms with Gasteiger partial charge in [0.05, 0.1) is 5.56 Å². The van der Waals surface area contributed by atoms with Crippen LogP contribution < -0.4 is 11.1 Å². The van der Waals surface area contributed by atoms with E-state index in [1.807, 2.05) is 19.1 Å². The third kappa shape index (κ3) is 2.66. The molecule has 0 heterocycles. The maximum Gasteiger partial charge on any atom is 0.253 e. The number of hydrogen-bond acceptors (Lipinski definition) is 2. The number of nitrogens with two attached hydrogens (primary N) is 1. The zero-order valence-corrected chi connectivity index (χ0v) is 11.2. The highest BCUT2D eigenvalue weighted by atomic mass is 16.1. The van der Waals surface area contributed by atoms with Crippen molar-refractivity contribution in [2.45, 2.75) is 33.1 Å². The molecule has 3 nitrogen and oxygen atoms in total. The molecule has 1 fully saturated rings. The Hall–Kier alpha value is -1.51. The van der Waals surface area contributed by atoms with Gasteiger partial charge in [0, 0.05) is 12.2 Å². The Morgan fingerprint density at radius 2 is 2.22 bits per heavy atom. The van der Waals surface area contributed by atoms with Gasteiger partial charge in [-0.2, -0.15) is 0 Å². The zero-order chi connectivity index (χ0) is 13.1. The summed E-state index contributed by atoms with van der Waals surface area (Å²) < 4.78 is 0. The molecule has 1 aliphatic carbocycles. The van der Waals surface area contributed by atoms with Crippen molar-refractivity contribution in [1.29, 1.82) is 0 Å². The molecule has 0 saturated heterocycles. The predicted molar refractivity (Wildman–Crippen MR) is 74.4 cm³/mol. The number of benzene rings is 1. The first-order valence-electron chi connectivity index (χ1n) is 6.73. The average Bonchev–Trinajstić information content (AvgIpc) is 2.72. The van der Waals surface area contributed by atoms with E-state index < -0.39 is 0 Å². The lowest BCUT2D eigenvalue weighted by Gasteiger charge is -2.17. The Balaban J connectivity index is 1.99. The monoisotopic (exact) mass is 246 g/mol. The van der Waals surface area contributed by atoms with Crippen molar-refractivity contribution in [2.24, 2.45) is 11.8 Å². The summed E-state index contributed by atoms with van der Waals surface area (Å²) in [6.07, 6.45) is 3.80. The van der Waals surface area contributed by atoms with Crippen LogP contribution in [0.4, 0.5) is 5.69 Å². The number of nitrogen functional groups attached to an aromatic ring is 1. The molecule has 2 unspecified atom stereocenters. The van der Waals surface area contributed by atoms with Crippen LogP contribution in [0, 0.1) is 18.8 Å². The van der Waals surface area contributed by atoms with Gasteiger partial charge in [-0.1, -0.05) is 31.9 Å². The van der Waals surface area contributed by atoms with Crippen molar-refractivity contribution in [3.05, 3.63) is 29.3 Å². The van der Waals surface area contributed by atoms with Gasteiger partial charge in [0.15, 0.2) is 0 Å². The maximum absolute atomic E-state index is 12.2. The van der Waals surface area contributed by atoms with Gasteiger partial charge in [0.25, 0.3) is 5.91 Å². The summed E-state index contributed by atoms with van der Waals surface area (Å²) in [7, 11) is 0. The molecule has 3 heteroatoms. The highest BCUT2D eigenvalue weighted by Gasteiger charge is 2.24. The lowest BCUT2D eigenvalue weighted by atomic mass is 9.98. The molecule has 0 spiro atoms. The molecule has 0 aliphatic heterocycles. The molecule has 2 rings (SSSR count). The minimum absolute atomic E-state index is 0.0373. The highest BCUT2D eigenvalue weighted by Crippen LogP contribution is 2.30. The van der Waals surface area contributed by atoms with Crippen LogP contribution in [0.3, 0.4) is 0 Å². The minimum Gasteiger partial charge on any atom is -0.398 e. The molecule has 2 atom stereocenters. The molecule has 1 aromatic carbocycles. The van der Waals surface area contributed by atoms with Crippen LogP contribution in [-0.2, 0) is 0 Å². The van der Waals surface area contributed by atoms with E-state index in [1.165, 1.54) is 19.3 Å². The predicted octanol–water partition coefficient (Wildman–Crippen LogP) is 2.74. The zero-order valence-electron chi connectivity index (χ0n) is 11.2. The van der Waals surface area contributed by atoms with Crippen molar-refractivity contribution in [2.75, 3.05) is 12.3 Å². The van der Waals surface area contributed by atoms with Gasteiger partial charge in [0.2, 0.25) is 0 Å². The Morgan fingerprint density at radius 3 is 2.83 bits per heavy atom. The fourth-order valence-electron chi connectivity index (χ4n) is 2.84. The average molecular weight is 246 g/mol. The topological polar surface area (TPSA) is 55.1 Å². The van der Waals surface area contributed by atoms with Gasteiger partial charge in [-0.3, -0.25) is 4.79 Å². The largest absolute Gasteiger partial charge is 0.398 e. The van der Waals surface area contributed by atoms with Gasteiger partial charge in [-0.25, -0.2) is 0 Å². The van der Waals surface area contributed by atoms with Crippen molar-refractivity contribution >= 4 is 11.6 Å². The number of hydrogen-bond donors (Lipinski definition) is 2. The molecule has 0 radical (unpaired) electrons. The number of anilines is 1. The molecular weight excluding hydrogens is 224 g/mol. The van der Waals surface area contributed by atoms with Crippen LogP contribution in [0.25, 0.3) is 0 Å². The van der Waals surface area contributed by atoms with E-state index in [0.29, 0.717) is 17.2 Å². The van der Waals surface area contributed by atoms with E-state index in [0.717, 1.165) is 18.0 Å². The molecule has 1 aromatic rings. The van der Waals surface area contributed by atoms with Crippen molar-refractivity contribution < 1.29 is 4.79 Å². The molecule has 0 aromatic heterocycles. The van der Waals surface area contributed by atoms with E-state index in [9.17, 15) is 4.79 Å². The van der Waals surface area contributed by atoms with E-state index in [1.54, 1.807) is 6.07 Å². The number of carbonyl (C=O) groups is 1. The maximum atomic E-state index is 12.2. The van der Waals surface area contributed by atoms with Gasteiger partial charge in [-0.05, 0) is 36.8 Å². The second-order valence-corrected chi connectivity index (χ2v) is 5.42. The highest BCUT2D eigenvalue weighted by molar-refractivity contribution is 6.00. The Kier molecular flexibility index (Phi) is 3.90. The molecule has 1 saturated carbocycles. The van der Waals surface area contributed by atoms with Crippen molar-refractivity contribution in [3.8, 4) is 0 Å². The van der Waals surface area contributed by atoms with Crippen molar-refractivity contribution in [1.82, 2.24) is 5.32 Å². The van der Waals surface area contributed by atoms with E-state index >= 15 is 0 Å². The fraction of sp³-hybridized carbons (Fsp3) is 0.533. The lowest BCUT2D eigenvalue weighted by molar-refractivity contribution is 0.0945. The third-order valence-electron chi connectivity index (χ3n) is 4.10. The Bertz CT molecular complexity index is 422. The van der Waals surface area contributed by atoms with Crippen LogP contribution in [-0.4, -0.2) is 12.5 Å².